The van der Waals surface area contributed by atoms with Gasteiger partial charge in [0.15, 0.2) is 0 Å². The lowest BCUT2D eigenvalue weighted by molar-refractivity contribution is -0.121. The van der Waals surface area contributed by atoms with E-state index in [4.69, 9.17) is 0 Å². The summed E-state index contributed by atoms with van der Waals surface area (Å²) in [6.07, 6.45) is 0.903. The minimum atomic E-state index is -0.389. The number of nitrogens with zero attached hydrogens (tertiary/aromatic N) is 1. The molecule has 19 heavy (non-hydrogen) atoms. The van der Waals surface area contributed by atoms with Crippen LogP contribution in [0.3, 0.4) is 0 Å². The lowest BCUT2D eigenvalue weighted by Gasteiger charge is -2.12. The average molecular weight is 263 g/mol. The molecule has 0 aromatic heterocycles. The van der Waals surface area contributed by atoms with Crippen LogP contribution in [0.15, 0.2) is 29.4 Å². The van der Waals surface area contributed by atoms with Gasteiger partial charge in [-0.2, -0.15) is 5.10 Å². The van der Waals surface area contributed by atoms with Crippen molar-refractivity contribution < 1.29 is 14.0 Å². The Morgan fingerprint density at radius 3 is 2.84 bits per heavy atom. The van der Waals surface area contributed by atoms with Crippen molar-refractivity contribution in [2.75, 3.05) is 6.54 Å². The van der Waals surface area contributed by atoms with E-state index in [1.54, 1.807) is 18.2 Å². The van der Waals surface area contributed by atoms with Gasteiger partial charge < -0.3 is 5.32 Å². The number of benzene rings is 1. The highest BCUT2D eigenvalue weighted by molar-refractivity contribution is 5.95. The van der Waals surface area contributed by atoms with Crippen LogP contribution in [0, 0.1) is 5.82 Å². The first-order valence-electron chi connectivity index (χ1n) is 5.99. The number of carbonyl (C=O) groups excluding carboxylic acids is 2. The van der Waals surface area contributed by atoms with Gasteiger partial charge in [0.1, 0.15) is 5.82 Å². The van der Waals surface area contributed by atoms with Gasteiger partial charge in [-0.25, -0.2) is 9.82 Å². The van der Waals surface area contributed by atoms with Gasteiger partial charge in [-0.05, 0) is 18.1 Å². The van der Waals surface area contributed by atoms with Gasteiger partial charge in [-0.1, -0.05) is 18.2 Å². The molecular weight excluding hydrogens is 249 g/mol. The van der Waals surface area contributed by atoms with Gasteiger partial charge >= 0.3 is 0 Å². The largest absolute Gasteiger partial charge is 0.350 e. The molecule has 2 rings (SSSR count). The van der Waals surface area contributed by atoms with Crippen molar-refractivity contribution in [1.29, 1.82) is 0 Å². The highest BCUT2D eigenvalue weighted by Gasteiger charge is 2.13. The molecule has 0 fully saturated rings. The number of halogens is 1. The third-order valence-corrected chi connectivity index (χ3v) is 2.78. The van der Waals surface area contributed by atoms with Crippen molar-refractivity contribution >= 4 is 17.5 Å². The normalized spacial score (nSPS) is 14.6. The Kier molecular flexibility index (Phi) is 4.22. The maximum absolute atomic E-state index is 13.3. The Labute approximate surface area is 109 Å². The molecule has 1 heterocycles. The SMILES string of the molecule is O=C(Cc1ccccc1F)NCC1=NNC(=O)CC1. The molecule has 2 amide bonds. The minimum absolute atomic E-state index is 0.00763. The molecule has 1 aliphatic rings. The number of amides is 2. The molecule has 0 aliphatic carbocycles. The summed E-state index contributed by atoms with van der Waals surface area (Å²) in [6, 6.07) is 6.17. The van der Waals surface area contributed by atoms with Crippen LogP contribution in [-0.4, -0.2) is 24.1 Å². The van der Waals surface area contributed by atoms with E-state index in [1.165, 1.54) is 6.07 Å². The summed E-state index contributed by atoms with van der Waals surface area (Å²) in [5.41, 5.74) is 3.42. The van der Waals surface area contributed by atoms with Gasteiger partial charge in [0.2, 0.25) is 11.8 Å². The van der Waals surface area contributed by atoms with Crippen molar-refractivity contribution in [1.82, 2.24) is 10.7 Å². The fraction of sp³-hybridized carbons (Fsp3) is 0.308. The summed E-state index contributed by atoms with van der Waals surface area (Å²) in [5, 5.41) is 6.49. The Morgan fingerprint density at radius 2 is 2.16 bits per heavy atom. The van der Waals surface area contributed by atoms with Crippen LogP contribution in [0.25, 0.3) is 0 Å². The van der Waals surface area contributed by atoms with Crippen LogP contribution < -0.4 is 10.7 Å². The van der Waals surface area contributed by atoms with Gasteiger partial charge in [0, 0.05) is 6.42 Å². The van der Waals surface area contributed by atoms with Crippen molar-refractivity contribution in [3.05, 3.63) is 35.6 Å². The number of hydrogen-bond acceptors (Lipinski definition) is 3. The number of hydrazone groups is 1. The second-order valence-corrected chi connectivity index (χ2v) is 4.26. The summed E-state index contributed by atoms with van der Waals surface area (Å²) >= 11 is 0. The van der Waals surface area contributed by atoms with Gasteiger partial charge in [-0.15, -0.1) is 0 Å². The zero-order valence-electron chi connectivity index (χ0n) is 10.3. The van der Waals surface area contributed by atoms with E-state index in [1.807, 2.05) is 0 Å². The first-order valence-corrected chi connectivity index (χ1v) is 5.99. The minimum Gasteiger partial charge on any atom is -0.350 e. The molecule has 1 aromatic rings. The number of nitrogens with one attached hydrogen (secondary N) is 2. The highest BCUT2D eigenvalue weighted by atomic mass is 19.1. The summed E-state index contributed by atoms with van der Waals surface area (Å²) in [7, 11) is 0. The summed E-state index contributed by atoms with van der Waals surface area (Å²) < 4.78 is 13.3. The molecule has 0 atom stereocenters. The second kappa shape index (κ2) is 6.08. The zero-order chi connectivity index (χ0) is 13.7. The first kappa shape index (κ1) is 13.2. The van der Waals surface area contributed by atoms with E-state index in [-0.39, 0.29) is 30.6 Å². The Hall–Kier alpha value is -2.24. The van der Waals surface area contributed by atoms with E-state index in [0.717, 1.165) is 0 Å². The monoisotopic (exact) mass is 263 g/mol. The lowest BCUT2D eigenvalue weighted by atomic mass is 10.1. The molecule has 1 aromatic carbocycles. The summed E-state index contributed by atoms with van der Waals surface area (Å²) in [6.45, 7) is 0.271. The van der Waals surface area contributed by atoms with Crippen molar-refractivity contribution in [3.63, 3.8) is 0 Å². The maximum atomic E-state index is 13.3. The van der Waals surface area contributed by atoms with E-state index in [2.05, 4.69) is 15.8 Å². The molecule has 2 N–H and O–H groups in total. The third kappa shape index (κ3) is 3.87. The van der Waals surface area contributed by atoms with E-state index in [9.17, 15) is 14.0 Å². The molecule has 0 saturated carbocycles. The van der Waals surface area contributed by atoms with Gasteiger partial charge in [-0.3, -0.25) is 9.59 Å². The molecule has 0 saturated heterocycles. The smallest absolute Gasteiger partial charge is 0.240 e. The van der Waals surface area contributed by atoms with Crippen molar-refractivity contribution in [3.8, 4) is 0 Å². The Morgan fingerprint density at radius 1 is 1.37 bits per heavy atom. The first-order chi connectivity index (χ1) is 9.15. The molecule has 0 spiro atoms. The third-order valence-electron chi connectivity index (χ3n) is 2.78. The van der Waals surface area contributed by atoms with E-state index in [0.29, 0.717) is 24.1 Å². The molecule has 1 aliphatic heterocycles. The summed E-state index contributed by atoms with van der Waals surface area (Å²) in [5.74, 6) is -0.786. The number of hydrogen-bond donors (Lipinski definition) is 2. The highest BCUT2D eigenvalue weighted by Crippen LogP contribution is 2.06. The van der Waals surface area contributed by atoms with Crippen molar-refractivity contribution in [2.24, 2.45) is 5.10 Å². The van der Waals surface area contributed by atoms with Crippen LogP contribution in [0.4, 0.5) is 4.39 Å². The predicted molar refractivity (Wildman–Crippen MR) is 67.9 cm³/mol. The topological polar surface area (TPSA) is 70.6 Å². The maximum Gasteiger partial charge on any atom is 0.240 e. The standard InChI is InChI=1S/C13H14FN3O2/c14-11-4-2-1-3-9(11)7-13(19)15-8-10-5-6-12(18)17-16-10/h1-4H,5-8H2,(H,15,19)(H,17,18). The van der Waals surface area contributed by atoms with E-state index >= 15 is 0 Å². The van der Waals surface area contributed by atoms with Crippen LogP contribution in [-0.2, 0) is 16.0 Å². The van der Waals surface area contributed by atoms with Crippen LogP contribution in [0.2, 0.25) is 0 Å². The van der Waals surface area contributed by atoms with Crippen LogP contribution in [0.1, 0.15) is 18.4 Å². The fourth-order valence-electron chi connectivity index (χ4n) is 1.72. The molecule has 6 heteroatoms. The lowest BCUT2D eigenvalue weighted by Crippen LogP contribution is -2.35. The molecule has 0 radical (unpaired) electrons. The predicted octanol–water partition coefficient (Wildman–Crippen LogP) is 0.750. The average Bonchev–Trinajstić information content (AvgIpc) is 2.41. The molecule has 0 unspecified atom stereocenters. The summed E-state index contributed by atoms with van der Waals surface area (Å²) in [4.78, 5) is 22.5. The molecule has 5 nitrogen and oxygen atoms in total. The molecule has 100 valence electrons. The number of carbonyl (C=O) groups is 2. The fourth-order valence-corrected chi connectivity index (χ4v) is 1.72. The number of rotatable bonds is 4. The second-order valence-electron chi connectivity index (χ2n) is 4.26. The molecular formula is C13H14FN3O2. The Balaban J connectivity index is 1.82. The molecule has 0 bridgehead atoms. The Bertz CT molecular complexity index is 528. The zero-order valence-corrected chi connectivity index (χ0v) is 10.3. The van der Waals surface area contributed by atoms with Crippen LogP contribution in [0.5, 0.6) is 0 Å². The van der Waals surface area contributed by atoms with Crippen molar-refractivity contribution in [2.45, 2.75) is 19.3 Å². The van der Waals surface area contributed by atoms with Crippen LogP contribution >= 0.6 is 0 Å². The van der Waals surface area contributed by atoms with E-state index < -0.39 is 0 Å². The quantitative estimate of drug-likeness (QED) is 0.841. The van der Waals surface area contributed by atoms with Gasteiger partial charge in [0.05, 0.1) is 18.7 Å². The van der Waals surface area contributed by atoms with Gasteiger partial charge in [0.25, 0.3) is 0 Å².